The fourth-order valence-corrected chi connectivity index (χ4v) is 5.97. The number of phosphoric acid groups is 1. The molecule has 5 heteroatoms. The van der Waals surface area contributed by atoms with Crippen LogP contribution in [0.15, 0.2) is 18.2 Å². The number of benzene rings is 1. The zero-order valence-electron chi connectivity index (χ0n) is 24.9. The van der Waals surface area contributed by atoms with Crippen LogP contribution in [0.1, 0.15) is 153 Å². The molecule has 0 saturated carbocycles. The molecule has 0 amide bonds. The highest BCUT2D eigenvalue weighted by Gasteiger charge is 2.29. The Kier molecular flexibility index (Phi) is 21.3. The third-order valence-corrected chi connectivity index (χ3v) is 8.45. The summed E-state index contributed by atoms with van der Waals surface area (Å²) >= 11 is 0. The predicted molar refractivity (Wildman–Crippen MR) is 160 cm³/mol. The summed E-state index contributed by atoms with van der Waals surface area (Å²) in [6, 6.07) is 5.87. The fraction of sp³-hybridized carbons (Fsp3) is 0.812. The molecule has 0 aliphatic rings. The third kappa shape index (κ3) is 19.0. The van der Waals surface area contributed by atoms with E-state index in [1.807, 2.05) is 32.0 Å². The largest absolute Gasteiger partial charge is 0.530 e. The SMILES string of the molecule is CCCCCCCCCCCCOP(=O)(OCCCCCCCCCCCC)Oc1ccc(C)cc1C. The average molecular weight is 539 g/mol. The van der Waals surface area contributed by atoms with Crippen LogP contribution in [-0.2, 0) is 13.6 Å². The van der Waals surface area contributed by atoms with Crippen molar-refractivity contribution < 1.29 is 18.1 Å². The minimum absolute atomic E-state index is 0.413. The molecule has 0 aliphatic heterocycles. The minimum Gasteiger partial charge on any atom is -0.404 e. The molecule has 0 spiro atoms. The Bertz CT molecular complexity index is 676. The molecule has 0 N–H and O–H groups in total. The summed E-state index contributed by atoms with van der Waals surface area (Å²) in [7, 11) is -3.64. The van der Waals surface area contributed by atoms with Gasteiger partial charge >= 0.3 is 7.82 Å². The second-order valence-electron chi connectivity index (χ2n) is 10.8. The van der Waals surface area contributed by atoms with E-state index in [-0.39, 0.29) is 0 Å². The van der Waals surface area contributed by atoms with Crippen LogP contribution in [0.2, 0.25) is 0 Å². The van der Waals surface area contributed by atoms with Gasteiger partial charge in [0.15, 0.2) is 0 Å². The molecule has 0 radical (unpaired) electrons. The summed E-state index contributed by atoms with van der Waals surface area (Å²) in [6.45, 7) is 9.36. The lowest BCUT2D eigenvalue weighted by atomic mass is 10.1. The Balaban J connectivity index is 2.32. The Labute approximate surface area is 230 Å². The van der Waals surface area contributed by atoms with Crippen molar-refractivity contribution in [3.8, 4) is 5.75 Å². The van der Waals surface area contributed by atoms with Crippen molar-refractivity contribution >= 4 is 7.82 Å². The number of phosphoric ester groups is 1. The number of aryl methyl sites for hydroxylation is 2. The van der Waals surface area contributed by atoms with Crippen molar-refractivity contribution in [2.24, 2.45) is 0 Å². The maximum atomic E-state index is 13.5. The molecule has 0 unspecified atom stereocenters. The van der Waals surface area contributed by atoms with Crippen molar-refractivity contribution in [2.75, 3.05) is 13.2 Å². The quantitative estimate of drug-likeness (QED) is 0.0869. The first-order chi connectivity index (χ1) is 18.0. The van der Waals surface area contributed by atoms with Gasteiger partial charge in [-0.1, -0.05) is 147 Å². The van der Waals surface area contributed by atoms with Crippen LogP contribution in [-0.4, -0.2) is 13.2 Å². The van der Waals surface area contributed by atoms with Crippen molar-refractivity contribution in [2.45, 2.75) is 156 Å². The van der Waals surface area contributed by atoms with E-state index in [0.717, 1.165) is 36.8 Å². The van der Waals surface area contributed by atoms with Crippen LogP contribution in [0.5, 0.6) is 5.75 Å². The van der Waals surface area contributed by atoms with E-state index in [9.17, 15) is 4.57 Å². The Morgan fingerprint density at radius 1 is 0.568 bits per heavy atom. The lowest BCUT2D eigenvalue weighted by Crippen LogP contribution is -2.06. The van der Waals surface area contributed by atoms with Crippen LogP contribution in [0.25, 0.3) is 0 Å². The Morgan fingerprint density at radius 2 is 0.946 bits per heavy atom. The summed E-state index contributed by atoms with van der Waals surface area (Å²) in [5, 5.41) is 0. The average Bonchev–Trinajstić information content (AvgIpc) is 2.87. The molecule has 37 heavy (non-hydrogen) atoms. The second-order valence-corrected chi connectivity index (χ2v) is 12.4. The van der Waals surface area contributed by atoms with Gasteiger partial charge in [-0.3, -0.25) is 9.05 Å². The van der Waals surface area contributed by atoms with E-state index < -0.39 is 7.82 Å². The van der Waals surface area contributed by atoms with E-state index in [0.29, 0.717) is 19.0 Å². The smallest absolute Gasteiger partial charge is 0.404 e. The van der Waals surface area contributed by atoms with Gasteiger partial charge in [0, 0.05) is 0 Å². The fourth-order valence-electron chi connectivity index (χ4n) is 4.64. The van der Waals surface area contributed by atoms with E-state index >= 15 is 0 Å². The van der Waals surface area contributed by atoms with E-state index in [4.69, 9.17) is 13.6 Å². The van der Waals surface area contributed by atoms with Gasteiger partial charge in [-0.15, -0.1) is 0 Å². The minimum atomic E-state index is -3.64. The highest BCUT2D eigenvalue weighted by atomic mass is 31.2. The van der Waals surface area contributed by atoms with Gasteiger partial charge in [0.1, 0.15) is 5.75 Å². The normalized spacial score (nSPS) is 11.8. The molecule has 0 bridgehead atoms. The maximum absolute atomic E-state index is 13.5. The first kappa shape index (κ1) is 34.2. The summed E-state index contributed by atoms with van der Waals surface area (Å²) in [4.78, 5) is 0. The Hall–Kier alpha value is -0.830. The monoisotopic (exact) mass is 538 g/mol. The molecule has 0 atom stereocenters. The predicted octanol–water partition coefficient (Wildman–Crippen LogP) is 11.7. The lowest BCUT2D eigenvalue weighted by Gasteiger charge is -2.20. The van der Waals surface area contributed by atoms with Gasteiger partial charge in [-0.05, 0) is 38.3 Å². The van der Waals surface area contributed by atoms with E-state index in [1.54, 1.807) is 0 Å². The molecular weight excluding hydrogens is 479 g/mol. The molecule has 0 fully saturated rings. The second kappa shape index (κ2) is 23.1. The molecule has 1 aromatic carbocycles. The van der Waals surface area contributed by atoms with Crippen LogP contribution in [0, 0.1) is 13.8 Å². The van der Waals surface area contributed by atoms with Gasteiger partial charge in [-0.2, -0.15) is 0 Å². The maximum Gasteiger partial charge on any atom is 0.530 e. The topological polar surface area (TPSA) is 44.8 Å². The highest BCUT2D eigenvalue weighted by molar-refractivity contribution is 7.48. The molecule has 0 saturated heterocycles. The lowest BCUT2D eigenvalue weighted by molar-refractivity contribution is 0.150. The molecule has 1 aromatic rings. The molecule has 0 aliphatic carbocycles. The van der Waals surface area contributed by atoms with Gasteiger partial charge in [-0.25, -0.2) is 4.57 Å². The van der Waals surface area contributed by atoms with Crippen LogP contribution >= 0.6 is 7.82 Å². The zero-order valence-corrected chi connectivity index (χ0v) is 25.8. The Morgan fingerprint density at radius 3 is 1.32 bits per heavy atom. The van der Waals surface area contributed by atoms with Gasteiger partial charge in [0.25, 0.3) is 0 Å². The number of hydrogen-bond donors (Lipinski definition) is 0. The highest BCUT2D eigenvalue weighted by Crippen LogP contribution is 2.50. The zero-order chi connectivity index (χ0) is 27.0. The first-order valence-electron chi connectivity index (χ1n) is 15.7. The molecule has 4 nitrogen and oxygen atoms in total. The summed E-state index contributed by atoms with van der Waals surface area (Å²) < 4.78 is 30.9. The van der Waals surface area contributed by atoms with Crippen molar-refractivity contribution in [3.05, 3.63) is 29.3 Å². The first-order valence-corrected chi connectivity index (χ1v) is 17.1. The van der Waals surface area contributed by atoms with Crippen LogP contribution < -0.4 is 4.52 Å². The molecular formula is C32H59O4P. The van der Waals surface area contributed by atoms with Gasteiger partial charge in [0.2, 0.25) is 0 Å². The standard InChI is InChI=1S/C32H59O4P/c1-5-7-9-11-13-15-17-19-21-23-27-34-37(33,36-32-26-25-30(3)29-31(32)4)35-28-24-22-20-18-16-14-12-10-8-6-2/h25-26,29H,5-24,27-28H2,1-4H3. The summed E-state index contributed by atoms with van der Waals surface area (Å²) in [5.41, 5.74) is 2.10. The van der Waals surface area contributed by atoms with Crippen LogP contribution in [0.3, 0.4) is 0 Å². The van der Waals surface area contributed by atoms with Crippen molar-refractivity contribution in [1.29, 1.82) is 0 Å². The van der Waals surface area contributed by atoms with Crippen molar-refractivity contribution in [1.82, 2.24) is 0 Å². The summed E-state index contributed by atoms with van der Waals surface area (Å²) in [5.74, 6) is 0.583. The molecule has 1 rings (SSSR count). The van der Waals surface area contributed by atoms with Gasteiger partial charge < -0.3 is 4.52 Å². The van der Waals surface area contributed by atoms with Crippen LogP contribution in [0.4, 0.5) is 0 Å². The molecule has 216 valence electrons. The van der Waals surface area contributed by atoms with E-state index in [2.05, 4.69) is 13.8 Å². The van der Waals surface area contributed by atoms with E-state index in [1.165, 1.54) is 103 Å². The molecule has 0 heterocycles. The summed E-state index contributed by atoms with van der Waals surface area (Å²) in [6.07, 6.45) is 25.1. The van der Waals surface area contributed by atoms with Gasteiger partial charge in [0.05, 0.1) is 13.2 Å². The number of hydrogen-bond acceptors (Lipinski definition) is 4. The third-order valence-electron chi connectivity index (χ3n) is 7.04. The molecule has 0 aromatic heterocycles. The number of unbranched alkanes of at least 4 members (excludes halogenated alkanes) is 18. The number of rotatable bonds is 26. The van der Waals surface area contributed by atoms with Crippen molar-refractivity contribution in [3.63, 3.8) is 0 Å².